The molecule has 1 aromatic carbocycles. The molecular formula is C12H16BrIN2O2S. The van der Waals surface area contributed by atoms with E-state index < -0.39 is 10.2 Å². The van der Waals surface area contributed by atoms with E-state index in [0.29, 0.717) is 24.7 Å². The normalized spacial score (nSPS) is 21.3. The lowest BCUT2D eigenvalue weighted by Crippen LogP contribution is -2.42. The van der Waals surface area contributed by atoms with Gasteiger partial charge in [0.2, 0.25) is 0 Å². The minimum atomic E-state index is -3.44. The third-order valence-electron chi connectivity index (χ3n) is 3.13. The summed E-state index contributed by atoms with van der Waals surface area (Å²) in [6.07, 6.45) is 2.03. The predicted molar refractivity (Wildman–Crippen MR) is 89.4 cm³/mol. The second-order valence-electron chi connectivity index (χ2n) is 4.84. The Morgan fingerprint density at radius 2 is 2.21 bits per heavy atom. The molecule has 19 heavy (non-hydrogen) atoms. The van der Waals surface area contributed by atoms with E-state index >= 15 is 0 Å². The first kappa shape index (κ1) is 15.5. The van der Waals surface area contributed by atoms with Crippen LogP contribution in [0, 0.1) is 9.49 Å². The fourth-order valence-electron chi connectivity index (χ4n) is 2.14. The Morgan fingerprint density at radius 3 is 2.84 bits per heavy atom. The third-order valence-corrected chi connectivity index (χ3v) is 6.97. The lowest BCUT2D eigenvalue weighted by Gasteiger charge is -2.30. The summed E-state index contributed by atoms with van der Waals surface area (Å²) in [6, 6.07) is 5.44. The molecule has 1 heterocycles. The monoisotopic (exact) mass is 458 g/mol. The first-order valence-corrected chi connectivity index (χ1v) is 9.42. The van der Waals surface area contributed by atoms with E-state index in [1.807, 2.05) is 6.07 Å². The van der Waals surface area contributed by atoms with E-state index in [2.05, 4.69) is 50.2 Å². The SMILES string of the molecule is CC1CCCN(S(=O)(=O)Nc2ccc(I)c(Br)c2)C1. The minimum absolute atomic E-state index is 0.425. The maximum atomic E-state index is 12.3. The van der Waals surface area contributed by atoms with Crippen molar-refractivity contribution in [2.24, 2.45) is 5.92 Å². The van der Waals surface area contributed by atoms with E-state index in [0.717, 1.165) is 20.9 Å². The van der Waals surface area contributed by atoms with Crippen LogP contribution in [0.1, 0.15) is 19.8 Å². The molecule has 1 atom stereocenters. The number of piperidine rings is 1. The van der Waals surface area contributed by atoms with Crippen molar-refractivity contribution in [3.8, 4) is 0 Å². The second kappa shape index (κ2) is 6.28. The standard InChI is InChI=1S/C12H16BrIN2O2S/c1-9-3-2-6-16(8-9)19(17,18)15-10-4-5-12(14)11(13)7-10/h4-5,7,9,15H,2-3,6,8H2,1H3. The maximum Gasteiger partial charge on any atom is 0.301 e. The summed E-state index contributed by atoms with van der Waals surface area (Å²) in [5.41, 5.74) is 0.588. The minimum Gasteiger partial charge on any atom is -0.271 e. The van der Waals surface area contributed by atoms with Crippen LogP contribution in [0.25, 0.3) is 0 Å². The topological polar surface area (TPSA) is 49.4 Å². The number of hydrogen-bond acceptors (Lipinski definition) is 2. The van der Waals surface area contributed by atoms with E-state index in [1.54, 1.807) is 12.1 Å². The molecule has 1 saturated heterocycles. The summed E-state index contributed by atoms with van der Waals surface area (Å²) in [5.74, 6) is 0.425. The molecule has 0 spiro atoms. The number of anilines is 1. The van der Waals surface area contributed by atoms with Gasteiger partial charge < -0.3 is 0 Å². The van der Waals surface area contributed by atoms with Gasteiger partial charge in [-0.05, 0) is 75.5 Å². The highest BCUT2D eigenvalue weighted by Gasteiger charge is 2.26. The molecule has 1 fully saturated rings. The van der Waals surface area contributed by atoms with E-state index in [9.17, 15) is 8.42 Å². The van der Waals surface area contributed by atoms with E-state index in [4.69, 9.17) is 0 Å². The Hall–Kier alpha value is 0.140. The number of rotatable bonds is 3. The quantitative estimate of drug-likeness (QED) is 0.705. The van der Waals surface area contributed by atoms with Gasteiger partial charge in [0.15, 0.2) is 0 Å². The maximum absolute atomic E-state index is 12.3. The Bertz CT molecular complexity index is 565. The Balaban J connectivity index is 2.14. The summed E-state index contributed by atoms with van der Waals surface area (Å²) in [6.45, 7) is 3.29. The van der Waals surface area contributed by atoms with Gasteiger partial charge in [0.1, 0.15) is 0 Å². The average molecular weight is 459 g/mol. The van der Waals surface area contributed by atoms with Crippen molar-refractivity contribution in [2.45, 2.75) is 19.8 Å². The molecule has 106 valence electrons. The predicted octanol–water partition coefficient (Wildman–Crippen LogP) is 3.44. The van der Waals surface area contributed by atoms with E-state index in [-0.39, 0.29) is 0 Å². The smallest absolute Gasteiger partial charge is 0.271 e. The van der Waals surface area contributed by atoms with Gasteiger partial charge >= 0.3 is 10.2 Å². The summed E-state index contributed by atoms with van der Waals surface area (Å²) in [7, 11) is -3.44. The molecule has 1 aliphatic heterocycles. The zero-order valence-electron chi connectivity index (χ0n) is 10.6. The fourth-order valence-corrected chi connectivity index (χ4v) is 4.23. The molecule has 0 aromatic heterocycles. The highest BCUT2D eigenvalue weighted by molar-refractivity contribution is 14.1. The first-order valence-electron chi connectivity index (χ1n) is 6.11. The lowest BCUT2D eigenvalue weighted by molar-refractivity contribution is 0.282. The van der Waals surface area contributed by atoms with Gasteiger partial charge in [0.25, 0.3) is 0 Å². The Labute approximate surface area is 136 Å². The molecular weight excluding hydrogens is 443 g/mol. The molecule has 1 N–H and O–H groups in total. The highest BCUT2D eigenvalue weighted by Crippen LogP contribution is 2.25. The number of halogens is 2. The van der Waals surface area contributed by atoms with Crippen LogP contribution in [0.15, 0.2) is 22.7 Å². The van der Waals surface area contributed by atoms with Crippen LogP contribution in [0.2, 0.25) is 0 Å². The largest absolute Gasteiger partial charge is 0.301 e. The van der Waals surface area contributed by atoms with Gasteiger partial charge in [-0.2, -0.15) is 12.7 Å². The van der Waals surface area contributed by atoms with Crippen molar-refractivity contribution < 1.29 is 8.42 Å². The number of benzene rings is 1. The summed E-state index contributed by atoms with van der Waals surface area (Å²) in [4.78, 5) is 0. The van der Waals surface area contributed by atoms with Crippen LogP contribution in [-0.2, 0) is 10.2 Å². The van der Waals surface area contributed by atoms with Crippen molar-refractivity contribution in [3.05, 3.63) is 26.2 Å². The van der Waals surface area contributed by atoms with Crippen molar-refractivity contribution >= 4 is 54.4 Å². The first-order chi connectivity index (χ1) is 8.88. The van der Waals surface area contributed by atoms with E-state index in [1.165, 1.54) is 4.31 Å². The number of nitrogens with one attached hydrogen (secondary N) is 1. The highest BCUT2D eigenvalue weighted by atomic mass is 127. The zero-order valence-corrected chi connectivity index (χ0v) is 15.1. The van der Waals surface area contributed by atoms with Crippen LogP contribution in [-0.4, -0.2) is 25.8 Å². The number of hydrogen-bond donors (Lipinski definition) is 1. The summed E-state index contributed by atoms with van der Waals surface area (Å²) in [5, 5.41) is 0. The van der Waals surface area contributed by atoms with Gasteiger partial charge in [0.05, 0.1) is 5.69 Å². The molecule has 1 aromatic rings. The molecule has 0 saturated carbocycles. The average Bonchev–Trinajstić information content (AvgIpc) is 2.33. The van der Waals surface area contributed by atoms with Crippen LogP contribution in [0.3, 0.4) is 0 Å². The molecule has 0 amide bonds. The van der Waals surface area contributed by atoms with Crippen molar-refractivity contribution in [2.75, 3.05) is 17.8 Å². The summed E-state index contributed by atoms with van der Waals surface area (Å²) < 4.78 is 30.7. The zero-order chi connectivity index (χ0) is 14.0. The molecule has 0 bridgehead atoms. The third kappa shape index (κ3) is 4.05. The Morgan fingerprint density at radius 1 is 1.47 bits per heavy atom. The molecule has 0 radical (unpaired) electrons. The fraction of sp³-hybridized carbons (Fsp3) is 0.500. The van der Waals surface area contributed by atoms with Gasteiger partial charge in [0, 0.05) is 21.1 Å². The molecule has 4 nitrogen and oxygen atoms in total. The number of nitrogens with zero attached hydrogens (tertiary/aromatic N) is 1. The van der Waals surface area contributed by atoms with Gasteiger partial charge in [-0.15, -0.1) is 0 Å². The molecule has 0 aliphatic carbocycles. The molecule has 1 unspecified atom stereocenters. The van der Waals surface area contributed by atoms with Crippen LogP contribution in [0.5, 0.6) is 0 Å². The second-order valence-corrected chi connectivity index (χ2v) is 8.53. The molecule has 2 rings (SSSR count). The van der Waals surface area contributed by atoms with Gasteiger partial charge in [-0.3, -0.25) is 4.72 Å². The lowest BCUT2D eigenvalue weighted by atomic mass is 10.0. The van der Waals surface area contributed by atoms with Gasteiger partial charge in [-0.25, -0.2) is 0 Å². The van der Waals surface area contributed by atoms with Crippen LogP contribution >= 0.6 is 38.5 Å². The molecule has 7 heteroatoms. The van der Waals surface area contributed by atoms with Crippen LogP contribution < -0.4 is 4.72 Å². The van der Waals surface area contributed by atoms with Gasteiger partial charge in [-0.1, -0.05) is 6.92 Å². The Kier molecular flexibility index (Phi) is 5.13. The van der Waals surface area contributed by atoms with Crippen molar-refractivity contribution in [3.63, 3.8) is 0 Å². The van der Waals surface area contributed by atoms with Crippen molar-refractivity contribution in [1.82, 2.24) is 4.31 Å². The van der Waals surface area contributed by atoms with Crippen LogP contribution in [0.4, 0.5) is 5.69 Å². The summed E-state index contributed by atoms with van der Waals surface area (Å²) >= 11 is 5.59. The molecule has 1 aliphatic rings. The van der Waals surface area contributed by atoms with Crippen molar-refractivity contribution in [1.29, 1.82) is 0 Å².